The third kappa shape index (κ3) is 2.30. The topological polar surface area (TPSA) is 35.5 Å². The van der Waals surface area contributed by atoms with Crippen molar-refractivity contribution in [3.8, 4) is 0 Å². The number of alkyl halides is 2. The smallest absolute Gasteiger partial charge is 0.305 e. The van der Waals surface area contributed by atoms with Crippen LogP contribution in [0.4, 0.5) is 8.78 Å². The molecule has 116 valence electrons. The van der Waals surface area contributed by atoms with Gasteiger partial charge >= 0.3 is 13.3 Å². The largest absolute Gasteiger partial charge is 0.402 e. The van der Waals surface area contributed by atoms with Gasteiger partial charge in [-0.1, -0.05) is 12.2 Å². The second-order valence-electron chi connectivity index (χ2n) is 4.63. The van der Waals surface area contributed by atoms with Gasteiger partial charge in [-0.15, -0.1) is 23.5 Å². The molecular formula is C12H19F2O3PS2. The molecule has 0 aromatic rings. The first-order valence-corrected chi connectivity index (χ1v) is 10.2. The molecule has 0 spiro atoms. The molecule has 3 nitrogen and oxygen atoms in total. The van der Waals surface area contributed by atoms with Gasteiger partial charge in [0.25, 0.3) is 0 Å². The predicted octanol–water partition coefficient (Wildman–Crippen LogP) is 4.60. The van der Waals surface area contributed by atoms with Crippen LogP contribution in [-0.2, 0) is 13.6 Å². The molecule has 1 fully saturated rings. The Morgan fingerprint density at radius 3 is 2.35 bits per heavy atom. The summed E-state index contributed by atoms with van der Waals surface area (Å²) in [6.45, 7) is 2.96. The lowest BCUT2D eigenvalue weighted by molar-refractivity contribution is 0.0210. The molecule has 1 heterocycles. The van der Waals surface area contributed by atoms with Crippen LogP contribution in [0.5, 0.6) is 0 Å². The molecule has 0 aromatic carbocycles. The monoisotopic (exact) mass is 344 g/mol. The van der Waals surface area contributed by atoms with E-state index in [2.05, 4.69) is 0 Å². The molecule has 2 aliphatic rings. The highest BCUT2D eigenvalue weighted by molar-refractivity contribution is 8.19. The van der Waals surface area contributed by atoms with Gasteiger partial charge < -0.3 is 9.05 Å². The van der Waals surface area contributed by atoms with Gasteiger partial charge in [0.2, 0.25) is 0 Å². The van der Waals surface area contributed by atoms with Crippen molar-refractivity contribution in [1.82, 2.24) is 0 Å². The van der Waals surface area contributed by atoms with Crippen molar-refractivity contribution >= 4 is 31.1 Å². The fourth-order valence-electron chi connectivity index (χ4n) is 2.69. The summed E-state index contributed by atoms with van der Waals surface area (Å²) < 4.78 is 51.1. The summed E-state index contributed by atoms with van der Waals surface area (Å²) in [5.41, 5.74) is -3.53. The molecule has 0 unspecified atom stereocenters. The maximum Gasteiger partial charge on any atom is 0.402 e. The standard InChI is InChI=1S/C12H19F2O3PS2/c1-4-16-18(15,17-5-2)12(13,14)11(19-3)9-6-7-10(8-9)20-11/h6-7,9-10H,4-5,8H2,1-3H3/t9-,10+,11+/m1/s1. The third-order valence-electron chi connectivity index (χ3n) is 3.52. The van der Waals surface area contributed by atoms with Gasteiger partial charge in [0.15, 0.2) is 0 Å². The number of rotatable bonds is 7. The van der Waals surface area contributed by atoms with Crippen LogP contribution in [0.1, 0.15) is 20.3 Å². The number of halogens is 2. The lowest BCUT2D eigenvalue weighted by Crippen LogP contribution is -2.46. The molecule has 1 aliphatic heterocycles. The van der Waals surface area contributed by atoms with Crippen LogP contribution in [0.15, 0.2) is 12.2 Å². The van der Waals surface area contributed by atoms with E-state index in [9.17, 15) is 4.57 Å². The van der Waals surface area contributed by atoms with E-state index in [1.165, 1.54) is 11.8 Å². The lowest BCUT2D eigenvalue weighted by Gasteiger charge is -2.41. The number of thioether (sulfide) groups is 2. The molecule has 8 heteroatoms. The molecule has 2 rings (SSSR count). The van der Waals surface area contributed by atoms with Crippen LogP contribution >= 0.6 is 31.1 Å². The number of fused-ring (bicyclic) bond motifs is 2. The summed E-state index contributed by atoms with van der Waals surface area (Å²) in [6.07, 6.45) is 6.07. The van der Waals surface area contributed by atoms with E-state index in [0.717, 1.165) is 11.8 Å². The Hall–Kier alpha value is 0.450. The van der Waals surface area contributed by atoms with Crippen LogP contribution in [0.2, 0.25) is 0 Å². The SMILES string of the molecule is CCOP(=O)(OCC)C(F)(F)[C@@]1(SC)S[C@H]2C=C[C@@H]1C2. The molecule has 3 atom stereocenters. The zero-order valence-corrected chi connectivity index (χ0v) is 14.2. The molecule has 0 N–H and O–H groups in total. The summed E-state index contributed by atoms with van der Waals surface area (Å²) >= 11 is 2.25. The quantitative estimate of drug-likeness (QED) is 0.498. The Kier molecular flexibility index (Phi) is 4.97. The van der Waals surface area contributed by atoms with E-state index in [4.69, 9.17) is 9.05 Å². The van der Waals surface area contributed by atoms with Crippen LogP contribution in [-0.4, -0.2) is 34.5 Å². The Balaban J connectivity index is 2.41. The minimum atomic E-state index is -4.49. The predicted molar refractivity (Wildman–Crippen MR) is 80.7 cm³/mol. The van der Waals surface area contributed by atoms with Gasteiger partial charge in [-0.2, -0.15) is 8.78 Å². The van der Waals surface area contributed by atoms with Crippen molar-refractivity contribution in [3.05, 3.63) is 12.2 Å². The van der Waals surface area contributed by atoms with E-state index >= 15 is 8.78 Å². The van der Waals surface area contributed by atoms with Crippen LogP contribution < -0.4 is 0 Å². The molecule has 2 bridgehead atoms. The lowest BCUT2D eigenvalue weighted by atomic mass is 10.0. The highest BCUT2D eigenvalue weighted by Gasteiger charge is 2.72. The summed E-state index contributed by atoms with van der Waals surface area (Å²) in [5, 5.41) is 0.0648. The van der Waals surface area contributed by atoms with E-state index in [1.807, 2.05) is 12.2 Å². The van der Waals surface area contributed by atoms with Gasteiger partial charge in [0, 0.05) is 11.2 Å². The highest BCUT2D eigenvalue weighted by Crippen LogP contribution is 2.76. The van der Waals surface area contributed by atoms with Gasteiger partial charge in [-0.3, -0.25) is 4.57 Å². The summed E-state index contributed by atoms with van der Waals surface area (Å²) in [5.74, 6) is -0.309. The zero-order valence-electron chi connectivity index (χ0n) is 11.7. The number of allylic oxidation sites excluding steroid dienone is 1. The molecule has 0 aromatic heterocycles. The Labute approximate surface area is 126 Å². The number of hydrogen-bond donors (Lipinski definition) is 0. The fourth-order valence-corrected chi connectivity index (χ4v) is 8.32. The number of hydrogen-bond acceptors (Lipinski definition) is 5. The first-order chi connectivity index (χ1) is 9.37. The molecular weight excluding hydrogens is 325 g/mol. The molecule has 0 radical (unpaired) electrons. The normalized spacial score (nSPS) is 33.0. The van der Waals surface area contributed by atoms with Crippen molar-refractivity contribution in [2.75, 3.05) is 19.5 Å². The third-order valence-corrected chi connectivity index (χ3v) is 9.58. The molecule has 0 saturated carbocycles. The van der Waals surface area contributed by atoms with Gasteiger partial charge in [0.1, 0.15) is 4.08 Å². The van der Waals surface area contributed by atoms with Gasteiger partial charge in [-0.25, -0.2) is 0 Å². The molecule has 20 heavy (non-hydrogen) atoms. The summed E-state index contributed by atoms with van der Waals surface area (Å²) in [7, 11) is -4.49. The van der Waals surface area contributed by atoms with Crippen molar-refractivity contribution in [1.29, 1.82) is 0 Å². The van der Waals surface area contributed by atoms with E-state index in [0.29, 0.717) is 6.42 Å². The first kappa shape index (κ1) is 16.8. The second kappa shape index (κ2) is 5.92. The molecule has 1 aliphatic carbocycles. The average molecular weight is 344 g/mol. The maximum absolute atomic E-state index is 15.1. The van der Waals surface area contributed by atoms with Crippen molar-refractivity contribution in [2.24, 2.45) is 5.92 Å². The molecule has 1 saturated heterocycles. The van der Waals surface area contributed by atoms with Crippen LogP contribution in [0.3, 0.4) is 0 Å². The van der Waals surface area contributed by atoms with Crippen molar-refractivity contribution in [2.45, 2.75) is 35.3 Å². The second-order valence-corrected chi connectivity index (χ2v) is 9.50. The fraction of sp³-hybridized carbons (Fsp3) is 0.833. The summed E-state index contributed by atoms with van der Waals surface area (Å²) in [4.78, 5) is 0. The first-order valence-electron chi connectivity index (χ1n) is 6.55. The Morgan fingerprint density at radius 1 is 1.40 bits per heavy atom. The minimum absolute atomic E-state index is 0.0636. The Bertz CT molecular complexity index is 436. The maximum atomic E-state index is 15.1. The van der Waals surface area contributed by atoms with E-state index in [1.54, 1.807) is 20.1 Å². The summed E-state index contributed by atoms with van der Waals surface area (Å²) in [6, 6.07) is 0. The van der Waals surface area contributed by atoms with Crippen molar-refractivity contribution in [3.63, 3.8) is 0 Å². The van der Waals surface area contributed by atoms with E-state index < -0.39 is 17.3 Å². The van der Waals surface area contributed by atoms with Gasteiger partial charge in [-0.05, 0) is 26.5 Å². The average Bonchev–Trinajstić information content (AvgIpc) is 2.99. The van der Waals surface area contributed by atoms with Crippen molar-refractivity contribution < 1.29 is 22.4 Å². The van der Waals surface area contributed by atoms with E-state index in [-0.39, 0.29) is 24.4 Å². The Morgan fingerprint density at radius 2 is 2.00 bits per heavy atom. The van der Waals surface area contributed by atoms with Crippen LogP contribution in [0.25, 0.3) is 0 Å². The molecule has 0 amide bonds. The highest BCUT2D eigenvalue weighted by atomic mass is 32.2. The van der Waals surface area contributed by atoms with Crippen LogP contribution in [0, 0.1) is 5.92 Å². The zero-order chi connectivity index (χ0) is 15.0. The minimum Gasteiger partial charge on any atom is -0.305 e. The van der Waals surface area contributed by atoms with Gasteiger partial charge in [0.05, 0.1) is 13.2 Å².